The highest BCUT2D eigenvalue weighted by atomic mass is 32.1. The highest BCUT2D eigenvalue weighted by molar-refractivity contribution is 7.80. The number of amides is 2. The fourth-order valence-electron chi connectivity index (χ4n) is 2.97. The van der Waals surface area contributed by atoms with Gasteiger partial charge in [-0.05, 0) is 25.0 Å². The van der Waals surface area contributed by atoms with Gasteiger partial charge in [0.05, 0.1) is 10.6 Å². The molecule has 2 aliphatic heterocycles. The first-order chi connectivity index (χ1) is 10.1. The average Bonchev–Trinajstić information content (AvgIpc) is 2.72. The van der Waals surface area contributed by atoms with Crippen molar-refractivity contribution in [3.8, 4) is 0 Å². The highest BCUT2D eigenvalue weighted by Gasteiger charge is 2.41. The Balaban J connectivity index is 1.71. The van der Waals surface area contributed by atoms with Crippen molar-refractivity contribution >= 4 is 29.0 Å². The number of aromatic nitrogens is 1. The van der Waals surface area contributed by atoms with Gasteiger partial charge in [0.1, 0.15) is 5.69 Å². The molecule has 21 heavy (non-hydrogen) atoms. The van der Waals surface area contributed by atoms with Crippen LogP contribution in [0, 0.1) is 0 Å². The fraction of sp³-hybridized carbons (Fsp3) is 0.429. The normalized spacial score (nSPS) is 19.9. The van der Waals surface area contributed by atoms with Crippen molar-refractivity contribution in [2.45, 2.75) is 18.9 Å². The maximum absolute atomic E-state index is 12.4. The van der Waals surface area contributed by atoms with Crippen LogP contribution < -0.4 is 5.73 Å². The first-order valence-corrected chi connectivity index (χ1v) is 7.32. The molecule has 3 rings (SSSR count). The van der Waals surface area contributed by atoms with Gasteiger partial charge >= 0.3 is 0 Å². The number of likely N-dealkylation sites (tertiary alicyclic amines) is 1. The zero-order chi connectivity index (χ0) is 15.0. The van der Waals surface area contributed by atoms with Crippen molar-refractivity contribution in [3.05, 3.63) is 29.6 Å². The van der Waals surface area contributed by atoms with E-state index in [2.05, 4.69) is 9.88 Å². The van der Waals surface area contributed by atoms with E-state index in [-0.39, 0.29) is 23.6 Å². The molecule has 0 atom stereocenters. The fourth-order valence-corrected chi connectivity index (χ4v) is 3.15. The third-order valence-electron chi connectivity index (χ3n) is 3.98. The molecule has 3 heterocycles. The number of pyridine rings is 1. The van der Waals surface area contributed by atoms with E-state index in [1.807, 2.05) is 0 Å². The maximum Gasteiger partial charge on any atom is 0.280 e. The molecule has 2 aliphatic rings. The monoisotopic (exact) mass is 304 g/mol. The summed E-state index contributed by atoms with van der Waals surface area (Å²) in [7, 11) is 0. The quantitative estimate of drug-likeness (QED) is 0.644. The lowest BCUT2D eigenvalue weighted by Gasteiger charge is -2.35. The number of hydrogen-bond donors (Lipinski definition) is 1. The van der Waals surface area contributed by atoms with Gasteiger partial charge in [0.2, 0.25) is 0 Å². The standard InChI is InChI=1S/C14H16N4O2S/c15-11(21)8-17-6-3-9(4-7-17)18-13(19)10-2-1-5-16-12(10)14(18)20/h1-2,5,9H,3-4,6-8H2,(H2,15,21). The summed E-state index contributed by atoms with van der Waals surface area (Å²) in [5.74, 6) is -0.501. The predicted octanol–water partition coefficient (Wildman–Crippen LogP) is 0.428. The SMILES string of the molecule is NC(=S)CN1CCC(N2C(=O)c3cccnc3C2=O)CC1. The zero-order valence-corrected chi connectivity index (χ0v) is 12.3. The number of fused-ring (bicyclic) bond motifs is 1. The molecule has 0 saturated carbocycles. The molecule has 1 aromatic rings. The molecule has 2 amide bonds. The van der Waals surface area contributed by atoms with Crippen LogP contribution in [0.5, 0.6) is 0 Å². The molecule has 0 unspecified atom stereocenters. The van der Waals surface area contributed by atoms with Crippen molar-refractivity contribution in [2.75, 3.05) is 19.6 Å². The van der Waals surface area contributed by atoms with E-state index in [0.29, 0.717) is 17.1 Å². The van der Waals surface area contributed by atoms with E-state index in [9.17, 15) is 9.59 Å². The van der Waals surface area contributed by atoms with Crippen LogP contribution in [0.25, 0.3) is 0 Å². The van der Waals surface area contributed by atoms with Crippen molar-refractivity contribution < 1.29 is 9.59 Å². The van der Waals surface area contributed by atoms with Crippen LogP contribution in [0.1, 0.15) is 33.7 Å². The number of piperidine rings is 1. The smallest absolute Gasteiger partial charge is 0.280 e. The molecule has 2 N–H and O–H groups in total. The summed E-state index contributed by atoms with van der Waals surface area (Å²) in [6.07, 6.45) is 3.03. The van der Waals surface area contributed by atoms with E-state index in [1.165, 1.54) is 11.1 Å². The third-order valence-corrected chi connectivity index (χ3v) is 4.11. The van der Waals surface area contributed by atoms with Gasteiger partial charge in [-0.1, -0.05) is 12.2 Å². The van der Waals surface area contributed by atoms with Crippen molar-refractivity contribution in [1.29, 1.82) is 0 Å². The Hall–Kier alpha value is -1.86. The third kappa shape index (κ3) is 2.54. The van der Waals surface area contributed by atoms with Crippen LogP contribution in [0.2, 0.25) is 0 Å². The van der Waals surface area contributed by atoms with Crippen LogP contribution in [0.4, 0.5) is 0 Å². The van der Waals surface area contributed by atoms with Crippen LogP contribution >= 0.6 is 12.2 Å². The van der Waals surface area contributed by atoms with Crippen LogP contribution in [0.15, 0.2) is 18.3 Å². The molecule has 0 aliphatic carbocycles. The van der Waals surface area contributed by atoms with Gasteiger partial charge in [0, 0.05) is 31.9 Å². The highest BCUT2D eigenvalue weighted by Crippen LogP contribution is 2.27. The number of thiocarbonyl (C=S) groups is 1. The Morgan fingerprint density at radius 2 is 2.05 bits per heavy atom. The van der Waals surface area contributed by atoms with Crippen molar-refractivity contribution in [1.82, 2.24) is 14.8 Å². The maximum atomic E-state index is 12.4. The molecule has 6 nitrogen and oxygen atoms in total. The number of rotatable bonds is 3. The van der Waals surface area contributed by atoms with Crippen LogP contribution in [-0.4, -0.2) is 57.3 Å². The number of carbonyl (C=O) groups excluding carboxylic acids is 2. The van der Waals surface area contributed by atoms with Gasteiger partial charge in [-0.3, -0.25) is 24.4 Å². The van der Waals surface area contributed by atoms with E-state index < -0.39 is 0 Å². The lowest BCUT2D eigenvalue weighted by atomic mass is 10.0. The van der Waals surface area contributed by atoms with E-state index >= 15 is 0 Å². The van der Waals surface area contributed by atoms with Gasteiger partial charge in [-0.2, -0.15) is 0 Å². The second-order valence-corrected chi connectivity index (χ2v) is 5.88. The Morgan fingerprint density at radius 1 is 1.33 bits per heavy atom. The van der Waals surface area contributed by atoms with Gasteiger partial charge in [0.15, 0.2) is 0 Å². The van der Waals surface area contributed by atoms with E-state index in [0.717, 1.165) is 25.9 Å². The summed E-state index contributed by atoms with van der Waals surface area (Å²) >= 11 is 4.91. The van der Waals surface area contributed by atoms with E-state index in [4.69, 9.17) is 18.0 Å². The molecular formula is C14H16N4O2S. The Morgan fingerprint density at radius 3 is 2.67 bits per heavy atom. The van der Waals surface area contributed by atoms with Gasteiger partial charge < -0.3 is 5.73 Å². The molecular weight excluding hydrogens is 288 g/mol. The van der Waals surface area contributed by atoms with Crippen LogP contribution in [-0.2, 0) is 0 Å². The number of nitrogens with zero attached hydrogens (tertiary/aromatic N) is 3. The molecule has 1 aromatic heterocycles. The topological polar surface area (TPSA) is 79.5 Å². The van der Waals surface area contributed by atoms with Crippen LogP contribution in [0.3, 0.4) is 0 Å². The van der Waals surface area contributed by atoms with Gasteiger partial charge in [-0.25, -0.2) is 0 Å². The molecule has 0 aromatic carbocycles. The summed E-state index contributed by atoms with van der Waals surface area (Å²) in [5.41, 5.74) is 6.23. The number of hydrogen-bond acceptors (Lipinski definition) is 5. The van der Waals surface area contributed by atoms with Gasteiger partial charge in [0.25, 0.3) is 11.8 Å². The summed E-state index contributed by atoms with van der Waals surface area (Å²) in [5, 5.41) is 0. The lowest BCUT2D eigenvalue weighted by Crippen LogP contribution is -2.48. The molecule has 0 bridgehead atoms. The number of nitrogens with two attached hydrogens (primary N) is 1. The Kier molecular flexibility index (Phi) is 3.69. The van der Waals surface area contributed by atoms with E-state index in [1.54, 1.807) is 12.1 Å². The molecule has 110 valence electrons. The Bertz CT molecular complexity index is 576. The molecule has 7 heteroatoms. The van der Waals surface area contributed by atoms with Crippen molar-refractivity contribution in [2.24, 2.45) is 5.73 Å². The minimum absolute atomic E-state index is 0.0678. The molecule has 1 fully saturated rings. The summed E-state index contributed by atoms with van der Waals surface area (Å²) in [4.78, 5) is 32.8. The average molecular weight is 304 g/mol. The minimum Gasteiger partial charge on any atom is -0.392 e. The lowest BCUT2D eigenvalue weighted by molar-refractivity contribution is 0.0509. The summed E-state index contributed by atoms with van der Waals surface area (Å²) in [6.45, 7) is 2.15. The molecule has 0 radical (unpaired) electrons. The second kappa shape index (κ2) is 5.50. The predicted molar refractivity (Wildman–Crippen MR) is 81.0 cm³/mol. The summed E-state index contributed by atoms with van der Waals surface area (Å²) < 4.78 is 0. The second-order valence-electron chi connectivity index (χ2n) is 5.35. The zero-order valence-electron chi connectivity index (χ0n) is 11.5. The number of carbonyl (C=O) groups is 2. The first-order valence-electron chi connectivity index (χ1n) is 6.91. The number of imide groups is 1. The minimum atomic E-state index is -0.275. The first kappa shape index (κ1) is 14.1. The summed E-state index contributed by atoms with van der Waals surface area (Å²) in [6, 6.07) is 3.27. The van der Waals surface area contributed by atoms with Crippen molar-refractivity contribution in [3.63, 3.8) is 0 Å². The largest absolute Gasteiger partial charge is 0.392 e. The Labute approximate surface area is 127 Å². The molecule has 1 saturated heterocycles. The van der Waals surface area contributed by atoms with Gasteiger partial charge in [-0.15, -0.1) is 0 Å². The molecule has 0 spiro atoms.